The van der Waals surface area contributed by atoms with Crippen molar-refractivity contribution in [2.24, 2.45) is 5.92 Å². The van der Waals surface area contributed by atoms with Gasteiger partial charge in [0.2, 0.25) is 12.2 Å². The molecule has 0 aromatic heterocycles. The third kappa shape index (κ3) is 4.05. The summed E-state index contributed by atoms with van der Waals surface area (Å²) in [6, 6.07) is -0.491. The number of ketones is 1. The number of nitrogens with one attached hydrogen (secondary N) is 1. The Morgan fingerprint density at radius 2 is 1.85 bits per heavy atom. The van der Waals surface area contributed by atoms with Crippen LogP contribution in [0.15, 0.2) is 0 Å². The van der Waals surface area contributed by atoms with Gasteiger partial charge in [0.05, 0.1) is 6.04 Å². The molecule has 2 aliphatic carbocycles. The number of carbonyl (C=O) groups is 3. The van der Waals surface area contributed by atoms with Crippen molar-refractivity contribution < 1.29 is 14.4 Å². The van der Waals surface area contributed by atoms with Crippen molar-refractivity contribution in [3.05, 3.63) is 0 Å². The van der Waals surface area contributed by atoms with E-state index in [1.54, 1.807) is 6.92 Å². The lowest BCUT2D eigenvalue weighted by Crippen LogP contribution is -2.47. The predicted octanol–water partition coefficient (Wildman–Crippen LogP) is 1.26. The zero-order chi connectivity index (χ0) is 14.5. The summed E-state index contributed by atoms with van der Waals surface area (Å²) in [6.07, 6.45) is 8.49. The molecule has 1 N–H and O–H groups in total. The number of hydrogen-bond donors (Lipinski definition) is 1. The third-order valence-corrected chi connectivity index (χ3v) is 4.34. The second kappa shape index (κ2) is 6.86. The molecule has 0 aromatic carbocycles. The Morgan fingerprint density at radius 1 is 1.20 bits per heavy atom. The second-order valence-electron chi connectivity index (χ2n) is 6.09. The van der Waals surface area contributed by atoms with Crippen LogP contribution in [0.4, 0.5) is 0 Å². The molecule has 5 nitrogen and oxygen atoms in total. The molecule has 0 aliphatic heterocycles. The molecule has 2 amide bonds. The van der Waals surface area contributed by atoms with E-state index in [2.05, 4.69) is 5.32 Å². The molecule has 5 heteroatoms. The van der Waals surface area contributed by atoms with E-state index in [1.807, 2.05) is 0 Å². The summed E-state index contributed by atoms with van der Waals surface area (Å²) in [5, 5.41) is 2.69. The van der Waals surface area contributed by atoms with Gasteiger partial charge in [0.1, 0.15) is 0 Å². The molecule has 2 fully saturated rings. The van der Waals surface area contributed by atoms with E-state index in [1.165, 1.54) is 24.2 Å². The van der Waals surface area contributed by atoms with Crippen LogP contribution in [-0.2, 0) is 14.4 Å². The molecule has 2 rings (SSSR count). The monoisotopic (exact) mass is 280 g/mol. The molecule has 0 spiro atoms. The average molecular weight is 280 g/mol. The van der Waals surface area contributed by atoms with Gasteiger partial charge in [-0.2, -0.15) is 0 Å². The lowest BCUT2D eigenvalue weighted by Gasteiger charge is -2.30. The maximum Gasteiger partial charge on any atom is 0.289 e. The predicted molar refractivity (Wildman–Crippen MR) is 75.0 cm³/mol. The maximum atomic E-state index is 12.0. The number of amides is 2. The zero-order valence-electron chi connectivity index (χ0n) is 12.1. The summed E-state index contributed by atoms with van der Waals surface area (Å²) in [6.45, 7) is 2.24. The van der Waals surface area contributed by atoms with Crippen LogP contribution in [0.1, 0.15) is 51.9 Å². The Kier molecular flexibility index (Phi) is 5.15. The molecule has 112 valence electrons. The third-order valence-electron chi connectivity index (χ3n) is 4.34. The van der Waals surface area contributed by atoms with Gasteiger partial charge in [0.25, 0.3) is 5.91 Å². The minimum absolute atomic E-state index is 0.168. The van der Waals surface area contributed by atoms with Gasteiger partial charge in [-0.05, 0) is 38.5 Å². The molecule has 2 aliphatic rings. The summed E-state index contributed by atoms with van der Waals surface area (Å²) in [4.78, 5) is 36.5. The van der Waals surface area contributed by atoms with E-state index in [-0.39, 0.29) is 6.04 Å². The van der Waals surface area contributed by atoms with E-state index in [0.717, 1.165) is 25.7 Å². The first-order chi connectivity index (χ1) is 9.61. The van der Waals surface area contributed by atoms with Gasteiger partial charge in [-0.25, -0.2) is 0 Å². The maximum absolute atomic E-state index is 12.0. The van der Waals surface area contributed by atoms with Gasteiger partial charge < -0.3 is 10.2 Å². The van der Waals surface area contributed by atoms with E-state index >= 15 is 0 Å². The first kappa shape index (κ1) is 15.0. The summed E-state index contributed by atoms with van der Waals surface area (Å²) in [5.74, 6) is -0.578. The zero-order valence-corrected chi connectivity index (χ0v) is 12.1. The van der Waals surface area contributed by atoms with Crippen molar-refractivity contribution >= 4 is 18.1 Å². The van der Waals surface area contributed by atoms with Gasteiger partial charge in [-0.15, -0.1) is 0 Å². The van der Waals surface area contributed by atoms with Crippen LogP contribution in [0, 0.1) is 5.92 Å². The minimum atomic E-state index is -0.659. The van der Waals surface area contributed by atoms with Crippen LogP contribution in [0.25, 0.3) is 0 Å². The van der Waals surface area contributed by atoms with Crippen molar-refractivity contribution in [2.45, 2.75) is 64.0 Å². The van der Waals surface area contributed by atoms with E-state index in [9.17, 15) is 14.4 Å². The summed E-state index contributed by atoms with van der Waals surface area (Å²) < 4.78 is 0. The van der Waals surface area contributed by atoms with Gasteiger partial charge in [-0.1, -0.05) is 19.3 Å². The quantitative estimate of drug-likeness (QED) is 0.564. The summed E-state index contributed by atoms with van der Waals surface area (Å²) >= 11 is 0. The number of carbonyl (C=O) groups excluding carboxylic acids is 3. The molecular weight excluding hydrogens is 256 g/mol. The van der Waals surface area contributed by atoms with Crippen molar-refractivity contribution in [3.8, 4) is 0 Å². The minimum Gasteiger partial charge on any atom is -0.347 e. The molecule has 1 atom stereocenters. The molecule has 2 saturated carbocycles. The van der Waals surface area contributed by atoms with Gasteiger partial charge in [0.15, 0.2) is 0 Å². The highest BCUT2D eigenvalue weighted by molar-refractivity contribution is 6.38. The summed E-state index contributed by atoms with van der Waals surface area (Å²) in [7, 11) is 0. The molecule has 0 bridgehead atoms. The highest BCUT2D eigenvalue weighted by atomic mass is 16.2. The largest absolute Gasteiger partial charge is 0.347 e. The van der Waals surface area contributed by atoms with Crippen molar-refractivity contribution in [1.29, 1.82) is 0 Å². The highest BCUT2D eigenvalue weighted by Gasteiger charge is 2.31. The fourth-order valence-corrected chi connectivity index (χ4v) is 2.78. The number of nitrogens with zero attached hydrogens (tertiary/aromatic N) is 1. The van der Waals surface area contributed by atoms with Crippen LogP contribution in [0.2, 0.25) is 0 Å². The van der Waals surface area contributed by atoms with Gasteiger partial charge in [0, 0.05) is 12.6 Å². The van der Waals surface area contributed by atoms with E-state index < -0.39 is 17.7 Å². The average Bonchev–Trinajstić information content (AvgIpc) is 3.28. The van der Waals surface area contributed by atoms with Crippen LogP contribution < -0.4 is 5.32 Å². The number of rotatable bonds is 7. The fourth-order valence-electron chi connectivity index (χ4n) is 2.78. The molecule has 0 saturated heterocycles. The SMILES string of the molecule is CC(C(=O)C(=O)NC1CC1)N(C=O)CC1CCCCC1. The molecule has 0 aromatic rings. The number of hydrogen-bond acceptors (Lipinski definition) is 3. The standard InChI is InChI=1S/C15H24N2O3/c1-11(14(19)15(20)16-13-7-8-13)17(10-18)9-12-5-3-2-4-6-12/h10-13H,2-9H2,1H3,(H,16,20). The Balaban J connectivity index is 1.85. The molecule has 1 unspecified atom stereocenters. The van der Waals surface area contributed by atoms with Crippen LogP contribution in [0.5, 0.6) is 0 Å². The Morgan fingerprint density at radius 3 is 2.40 bits per heavy atom. The lowest BCUT2D eigenvalue weighted by molar-refractivity contribution is -0.142. The Bertz CT molecular complexity index is 373. The normalized spacial score (nSPS) is 21.1. The van der Waals surface area contributed by atoms with Crippen LogP contribution in [0.3, 0.4) is 0 Å². The first-order valence-electron chi connectivity index (χ1n) is 7.67. The second-order valence-corrected chi connectivity index (χ2v) is 6.09. The Labute approximate surface area is 120 Å². The number of Topliss-reactive ketones (excluding diaryl/α,β-unsaturated/α-hetero) is 1. The van der Waals surface area contributed by atoms with E-state index in [4.69, 9.17) is 0 Å². The lowest BCUT2D eigenvalue weighted by atomic mass is 9.88. The van der Waals surface area contributed by atoms with E-state index in [0.29, 0.717) is 18.9 Å². The Hall–Kier alpha value is -1.39. The van der Waals surface area contributed by atoms with Crippen molar-refractivity contribution in [3.63, 3.8) is 0 Å². The van der Waals surface area contributed by atoms with Gasteiger partial charge in [-0.3, -0.25) is 14.4 Å². The molecule has 20 heavy (non-hydrogen) atoms. The summed E-state index contributed by atoms with van der Waals surface area (Å²) in [5.41, 5.74) is 0. The highest BCUT2D eigenvalue weighted by Crippen LogP contribution is 2.24. The molecule has 0 heterocycles. The van der Waals surface area contributed by atoms with Crippen molar-refractivity contribution in [1.82, 2.24) is 10.2 Å². The smallest absolute Gasteiger partial charge is 0.289 e. The van der Waals surface area contributed by atoms with Crippen molar-refractivity contribution in [2.75, 3.05) is 6.54 Å². The molecule has 0 radical (unpaired) electrons. The van der Waals surface area contributed by atoms with Crippen LogP contribution in [-0.4, -0.2) is 41.6 Å². The van der Waals surface area contributed by atoms with Crippen LogP contribution >= 0.6 is 0 Å². The topological polar surface area (TPSA) is 66.5 Å². The fraction of sp³-hybridized carbons (Fsp3) is 0.800. The molecular formula is C15H24N2O3. The van der Waals surface area contributed by atoms with Gasteiger partial charge >= 0.3 is 0 Å². The first-order valence-corrected chi connectivity index (χ1v) is 7.67.